The van der Waals surface area contributed by atoms with E-state index in [2.05, 4.69) is 41.4 Å². The quantitative estimate of drug-likeness (QED) is 0.861. The second-order valence-corrected chi connectivity index (χ2v) is 6.82. The molecule has 1 aromatic carbocycles. The molecule has 0 radical (unpaired) electrons. The van der Waals surface area contributed by atoms with Crippen LogP contribution in [-0.4, -0.2) is 29.9 Å². The van der Waals surface area contributed by atoms with Crippen LogP contribution in [0.3, 0.4) is 0 Å². The van der Waals surface area contributed by atoms with Crippen LogP contribution in [0.2, 0.25) is 0 Å². The van der Waals surface area contributed by atoms with E-state index < -0.39 is 0 Å². The van der Waals surface area contributed by atoms with Gasteiger partial charge in [-0.3, -0.25) is 4.79 Å². The van der Waals surface area contributed by atoms with Crippen LogP contribution >= 0.6 is 12.4 Å². The van der Waals surface area contributed by atoms with Gasteiger partial charge in [-0.1, -0.05) is 31.2 Å². The Labute approximate surface area is 146 Å². The van der Waals surface area contributed by atoms with Gasteiger partial charge in [0.05, 0.1) is 0 Å². The van der Waals surface area contributed by atoms with Gasteiger partial charge in [-0.05, 0) is 62.2 Å². The zero-order valence-electron chi connectivity index (χ0n) is 14.1. The lowest BCUT2D eigenvalue weighted by atomic mass is 9.94. The molecule has 1 aromatic rings. The SMILES string of the molecule is CCc1ccc(CN(C(=O)CC2CCNCC2)C2CC2)cc1.Cl. The first-order chi connectivity index (χ1) is 10.8. The Balaban J connectivity index is 0.00000192. The van der Waals surface area contributed by atoms with E-state index in [1.165, 1.54) is 24.0 Å². The molecule has 1 amide bonds. The van der Waals surface area contributed by atoms with Crippen LogP contribution in [-0.2, 0) is 17.8 Å². The van der Waals surface area contributed by atoms with E-state index in [-0.39, 0.29) is 12.4 Å². The topological polar surface area (TPSA) is 32.3 Å². The predicted molar refractivity (Wildman–Crippen MR) is 96.9 cm³/mol. The van der Waals surface area contributed by atoms with Crippen molar-refractivity contribution in [3.05, 3.63) is 35.4 Å². The fourth-order valence-electron chi connectivity index (χ4n) is 3.33. The number of rotatable bonds is 6. The Hall–Kier alpha value is -1.06. The van der Waals surface area contributed by atoms with Crippen molar-refractivity contribution in [2.45, 2.75) is 58.0 Å². The minimum Gasteiger partial charge on any atom is -0.335 e. The van der Waals surface area contributed by atoms with E-state index in [0.717, 1.165) is 45.3 Å². The number of nitrogens with one attached hydrogen (secondary N) is 1. The molecule has 0 atom stereocenters. The van der Waals surface area contributed by atoms with Crippen LogP contribution < -0.4 is 5.32 Å². The maximum atomic E-state index is 12.7. The van der Waals surface area contributed by atoms with Crippen molar-refractivity contribution in [2.24, 2.45) is 5.92 Å². The van der Waals surface area contributed by atoms with Crippen molar-refractivity contribution in [1.82, 2.24) is 10.2 Å². The highest BCUT2D eigenvalue weighted by atomic mass is 35.5. The third-order valence-electron chi connectivity index (χ3n) is 5.01. The molecular formula is C19H29ClN2O. The van der Waals surface area contributed by atoms with E-state index in [1.807, 2.05) is 0 Å². The van der Waals surface area contributed by atoms with Crippen molar-refractivity contribution in [3.8, 4) is 0 Å². The summed E-state index contributed by atoms with van der Waals surface area (Å²) < 4.78 is 0. The summed E-state index contributed by atoms with van der Waals surface area (Å²) in [4.78, 5) is 14.9. The summed E-state index contributed by atoms with van der Waals surface area (Å²) >= 11 is 0. The first-order valence-corrected chi connectivity index (χ1v) is 8.84. The number of halogens is 1. The molecule has 0 bridgehead atoms. The Morgan fingerprint density at radius 1 is 1.09 bits per heavy atom. The molecule has 1 aliphatic carbocycles. The standard InChI is InChI=1S/C19H28N2O.ClH/c1-2-15-3-5-17(6-4-15)14-21(18-7-8-18)19(22)13-16-9-11-20-12-10-16;/h3-6,16,18,20H,2,7-14H2,1H3;1H. The summed E-state index contributed by atoms with van der Waals surface area (Å²) in [6.07, 6.45) is 6.48. The number of amides is 1. The van der Waals surface area contributed by atoms with E-state index in [9.17, 15) is 4.79 Å². The molecule has 1 saturated heterocycles. The van der Waals surface area contributed by atoms with Crippen LogP contribution in [0, 0.1) is 5.92 Å². The number of carbonyl (C=O) groups excluding carboxylic acids is 1. The number of nitrogens with zero attached hydrogens (tertiary/aromatic N) is 1. The zero-order valence-corrected chi connectivity index (χ0v) is 14.9. The van der Waals surface area contributed by atoms with Gasteiger partial charge in [-0.25, -0.2) is 0 Å². The second-order valence-electron chi connectivity index (χ2n) is 6.82. The number of hydrogen-bond acceptors (Lipinski definition) is 2. The molecule has 0 aromatic heterocycles. The molecule has 2 fully saturated rings. The molecule has 0 unspecified atom stereocenters. The van der Waals surface area contributed by atoms with Crippen molar-refractivity contribution < 1.29 is 4.79 Å². The molecular weight excluding hydrogens is 308 g/mol. The Morgan fingerprint density at radius 2 is 1.70 bits per heavy atom. The van der Waals surface area contributed by atoms with Crippen molar-refractivity contribution in [2.75, 3.05) is 13.1 Å². The van der Waals surface area contributed by atoms with Gasteiger partial charge in [-0.2, -0.15) is 0 Å². The van der Waals surface area contributed by atoms with Gasteiger partial charge in [0, 0.05) is 19.0 Å². The third kappa shape index (κ3) is 5.22. The largest absolute Gasteiger partial charge is 0.335 e. The highest BCUT2D eigenvalue weighted by molar-refractivity contribution is 5.85. The van der Waals surface area contributed by atoms with Crippen LogP contribution in [0.1, 0.15) is 50.2 Å². The summed E-state index contributed by atoms with van der Waals surface area (Å²) in [5.74, 6) is 0.950. The normalized spacial score (nSPS) is 18.3. The van der Waals surface area contributed by atoms with Crippen molar-refractivity contribution >= 4 is 18.3 Å². The van der Waals surface area contributed by atoms with E-state index in [1.54, 1.807) is 0 Å². The third-order valence-corrected chi connectivity index (χ3v) is 5.01. The van der Waals surface area contributed by atoms with Crippen LogP contribution in [0.25, 0.3) is 0 Å². The molecule has 3 rings (SSSR count). The molecule has 1 saturated carbocycles. The minimum atomic E-state index is 0. The summed E-state index contributed by atoms with van der Waals surface area (Å²) in [5.41, 5.74) is 2.63. The van der Waals surface area contributed by atoms with E-state index >= 15 is 0 Å². The van der Waals surface area contributed by atoms with Crippen LogP contribution in [0.15, 0.2) is 24.3 Å². The van der Waals surface area contributed by atoms with Gasteiger partial charge in [0.2, 0.25) is 5.91 Å². The smallest absolute Gasteiger partial charge is 0.223 e. The minimum absolute atomic E-state index is 0. The Morgan fingerprint density at radius 3 is 2.26 bits per heavy atom. The summed E-state index contributed by atoms with van der Waals surface area (Å²) in [6, 6.07) is 9.26. The number of carbonyl (C=O) groups is 1. The molecule has 23 heavy (non-hydrogen) atoms. The maximum Gasteiger partial charge on any atom is 0.223 e. The van der Waals surface area contributed by atoms with E-state index in [0.29, 0.717) is 17.9 Å². The number of aryl methyl sites for hydroxylation is 1. The summed E-state index contributed by atoms with van der Waals surface area (Å²) in [6.45, 7) is 5.10. The lowest BCUT2D eigenvalue weighted by Gasteiger charge is -2.27. The summed E-state index contributed by atoms with van der Waals surface area (Å²) in [5, 5.41) is 3.38. The average Bonchev–Trinajstić information content (AvgIpc) is 3.39. The van der Waals surface area contributed by atoms with Crippen LogP contribution in [0.4, 0.5) is 0 Å². The Kier molecular flexibility index (Phi) is 6.91. The highest BCUT2D eigenvalue weighted by Gasteiger charge is 2.33. The lowest BCUT2D eigenvalue weighted by molar-refractivity contribution is -0.133. The van der Waals surface area contributed by atoms with E-state index in [4.69, 9.17) is 0 Å². The zero-order chi connectivity index (χ0) is 15.4. The van der Waals surface area contributed by atoms with Crippen molar-refractivity contribution in [3.63, 3.8) is 0 Å². The first-order valence-electron chi connectivity index (χ1n) is 8.84. The predicted octanol–water partition coefficient (Wildman–Crippen LogP) is 3.55. The molecule has 4 heteroatoms. The molecule has 1 heterocycles. The maximum absolute atomic E-state index is 12.7. The molecule has 0 spiro atoms. The molecule has 128 valence electrons. The Bertz CT molecular complexity index is 493. The fourth-order valence-corrected chi connectivity index (χ4v) is 3.33. The fraction of sp³-hybridized carbons (Fsp3) is 0.632. The van der Waals surface area contributed by atoms with Gasteiger partial charge in [0.1, 0.15) is 0 Å². The lowest BCUT2D eigenvalue weighted by Crippen LogP contribution is -2.36. The molecule has 3 nitrogen and oxygen atoms in total. The summed E-state index contributed by atoms with van der Waals surface area (Å²) in [7, 11) is 0. The molecule has 1 N–H and O–H groups in total. The number of benzene rings is 1. The van der Waals surface area contributed by atoms with Gasteiger partial charge in [0.15, 0.2) is 0 Å². The number of piperidine rings is 1. The highest BCUT2D eigenvalue weighted by Crippen LogP contribution is 2.30. The van der Waals surface area contributed by atoms with Gasteiger partial charge >= 0.3 is 0 Å². The number of hydrogen-bond donors (Lipinski definition) is 1. The molecule has 2 aliphatic rings. The van der Waals surface area contributed by atoms with Crippen LogP contribution in [0.5, 0.6) is 0 Å². The van der Waals surface area contributed by atoms with Gasteiger partial charge in [-0.15, -0.1) is 12.4 Å². The molecule has 1 aliphatic heterocycles. The van der Waals surface area contributed by atoms with Crippen molar-refractivity contribution in [1.29, 1.82) is 0 Å². The van der Waals surface area contributed by atoms with Gasteiger partial charge in [0.25, 0.3) is 0 Å². The first kappa shape index (κ1) is 18.3. The van der Waals surface area contributed by atoms with Gasteiger partial charge < -0.3 is 10.2 Å². The average molecular weight is 337 g/mol. The second kappa shape index (κ2) is 8.70. The monoisotopic (exact) mass is 336 g/mol.